The van der Waals surface area contributed by atoms with Crippen molar-refractivity contribution >= 4 is 11.0 Å². The highest BCUT2D eigenvalue weighted by Gasteiger charge is 2.21. The van der Waals surface area contributed by atoms with Crippen LogP contribution in [-0.2, 0) is 13.6 Å². The van der Waals surface area contributed by atoms with Crippen molar-refractivity contribution in [1.82, 2.24) is 19.4 Å². The van der Waals surface area contributed by atoms with Gasteiger partial charge in [0.2, 0.25) is 5.88 Å². The molecule has 3 heterocycles. The number of hydrogen-bond acceptors (Lipinski definition) is 4. The van der Waals surface area contributed by atoms with E-state index in [0.29, 0.717) is 11.8 Å². The Kier molecular flexibility index (Phi) is 4.40. The van der Waals surface area contributed by atoms with Crippen LogP contribution in [0.2, 0.25) is 0 Å². The lowest BCUT2D eigenvalue weighted by Gasteiger charge is -2.32. The number of benzene rings is 1. The molecule has 3 aromatic rings. The van der Waals surface area contributed by atoms with Gasteiger partial charge >= 0.3 is 0 Å². The number of aromatic nitrogens is 3. The average Bonchev–Trinajstić information content (AvgIpc) is 3.03. The summed E-state index contributed by atoms with van der Waals surface area (Å²) in [5.74, 6) is 1.29. The SMILES string of the molecule is COc1ccc(CN2CCC(c3ccc4c(c3)n[c]n4C)CC2)cn1. The van der Waals surface area contributed by atoms with Gasteiger partial charge in [-0.25, -0.2) is 9.97 Å². The summed E-state index contributed by atoms with van der Waals surface area (Å²) in [4.78, 5) is 11.2. The minimum atomic E-state index is 0.622. The summed E-state index contributed by atoms with van der Waals surface area (Å²) < 4.78 is 7.07. The molecule has 1 fully saturated rings. The summed E-state index contributed by atoms with van der Waals surface area (Å²) >= 11 is 0. The normalized spacial score (nSPS) is 16.4. The highest BCUT2D eigenvalue weighted by Crippen LogP contribution is 2.30. The molecule has 129 valence electrons. The van der Waals surface area contributed by atoms with E-state index < -0.39 is 0 Å². The maximum absolute atomic E-state index is 5.12. The third-order valence-electron chi connectivity index (χ3n) is 5.15. The maximum atomic E-state index is 5.12. The van der Waals surface area contributed by atoms with Crippen LogP contribution in [-0.4, -0.2) is 39.6 Å². The molecule has 5 heteroatoms. The van der Waals surface area contributed by atoms with Gasteiger partial charge in [-0.15, -0.1) is 0 Å². The zero-order valence-electron chi connectivity index (χ0n) is 14.8. The van der Waals surface area contributed by atoms with E-state index in [1.54, 1.807) is 7.11 Å². The van der Waals surface area contributed by atoms with Crippen molar-refractivity contribution in [1.29, 1.82) is 0 Å². The number of pyridine rings is 1. The number of fused-ring (bicyclic) bond motifs is 1. The van der Waals surface area contributed by atoms with Crippen molar-refractivity contribution in [3.05, 3.63) is 54.0 Å². The zero-order valence-corrected chi connectivity index (χ0v) is 14.8. The minimum Gasteiger partial charge on any atom is -0.481 e. The first-order valence-electron chi connectivity index (χ1n) is 8.78. The summed E-state index contributed by atoms with van der Waals surface area (Å²) in [5.41, 5.74) is 4.84. The Hall–Kier alpha value is -2.40. The summed E-state index contributed by atoms with van der Waals surface area (Å²) in [7, 11) is 3.63. The predicted molar refractivity (Wildman–Crippen MR) is 97.6 cm³/mol. The first kappa shape index (κ1) is 16.1. The topological polar surface area (TPSA) is 43.2 Å². The minimum absolute atomic E-state index is 0.622. The molecule has 0 atom stereocenters. The van der Waals surface area contributed by atoms with Crippen molar-refractivity contribution in [3.8, 4) is 5.88 Å². The van der Waals surface area contributed by atoms with E-state index in [0.717, 1.165) is 30.7 Å². The van der Waals surface area contributed by atoms with Crippen molar-refractivity contribution in [2.24, 2.45) is 7.05 Å². The standard InChI is InChI=1S/C20H23N4O/c1-23-14-22-18-11-17(4-5-19(18)23)16-7-9-24(10-8-16)13-15-3-6-20(25-2)21-12-15/h3-6,11-12,16H,7-10,13H2,1-2H3. The number of rotatable bonds is 4. The first-order chi connectivity index (χ1) is 12.2. The average molecular weight is 335 g/mol. The molecule has 1 aromatic carbocycles. The molecule has 0 bridgehead atoms. The second-order valence-corrected chi connectivity index (χ2v) is 6.78. The monoisotopic (exact) mass is 335 g/mol. The van der Waals surface area contributed by atoms with Crippen LogP contribution in [0.1, 0.15) is 29.9 Å². The van der Waals surface area contributed by atoms with Crippen LogP contribution in [0.5, 0.6) is 5.88 Å². The third kappa shape index (κ3) is 3.37. The predicted octanol–water partition coefficient (Wildman–Crippen LogP) is 3.16. The molecule has 4 rings (SSSR count). The van der Waals surface area contributed by atoms with E-state index in [1.807, 2.05) is 23.9 Å². The lowest BCUT2D eigenvalue weighted by Crippen LogP contribution is -2.32. The van der Waals surface area contributed by atoms with Crippen molar-refractivity contribution in [3.63, 3.8) is 0 Å². The Morgan fingerprint density at radius 2 is 2.04 bits per heavy atom. The van der Waals surface area contributed by atoms with E-state index in [-0.39, 0.29) is 0 Å². The van der Waals surface area contributed by atoms with Crippen molar-refractivity contribution in [2.75, 3.05) is 20.2 Å². The summed E-state index contributed by atoms with van der Waals surface area (Å²) in [6, 6.07) is 10.7. The fourth-order valence-corrected chi connectivity index (χ4v) is 3.66. The van der Waals surface area contributed by atoms with Gasteiger partial charge in [0.15, 0.2) is 6.33 Å². The number of ether oxygens (including phenoxy) is 1. The summed E-state index contributed by atoms with van der Waals surface area (Å²) in [6.07, 6.45) is 7.28. The Bertz CT molecular complexity index is 848. The number of aryl methyl sites for hydroxylation is 1. The van der Waals surface area contributed by atoms with E-state index in [4.69, 9.17) is 4.74 Å². The van der Waals surface area contributed by atoms with E-state index in [1.165, 1.54) is 24.0 Å². The second kappa shape index (κ2) is 6.84. The molecular formula is C20H23N4O. The Morgan fingerprint density at radius 3 is 2.76 bits per heavy atom. The van der Waals surface area contributed by atoms with Gasteiger partial charge in [0, 0.05) is 25.9 Å². The number of nitrogens with zero attached hydrogens (tertiary/aromatic N) is 4. The van der Waals surface area contributed by atoms with Crippen molar-refractivity contribution < 1.29 is 4.74 Å². The van der Waals surface area contributed by atoms with Crippen LogP contribution in [0.25, 0.3) is 11.0 Å². The largest absolute Gasteiger partial charge is 0.481 e. The lowest BCUT2D eigenvalue weighted by molar-refractivity contribution is 0.204. The molecule has 0 saturated carbocycles. The van der Waals surface area contributed by atoms with Gasteiger partial charge in [0.25, 0.3) is 0 Å². The maximum Gasteiger partial charge on any atom is 0.212 e. The smallest absolute Gasteiger partial charge is 0.212 e. The third-order valence-corrected chi connectivity index (χ3v) is 5.15. The summed E-state index contributed by atoms with van der Waals surface area (Å²) in [6.45, 7) is 3.18. The molecule has 5 nitrogen and oxygen atoms in total. The van der Waals surface area contributed by atoms with Crippen LogP contribution in [0.4, 0.5) is 0 Å². The number of piperidine rings is 1. The van der Waals surface area contributed by atoms with E-state index >= 15 is 0 Å². The molecule has 0 N–H and O–H groups in total. The molecule has 1 saturated heterocycles. The van der Waals surface area contributed by atoms with Gasteiger partial charge in [-0.1, -0.05) is 12.1 Å². The number of imidazole rings is 1. The number of likely N-dealkylation sites (tertiary alicyclic amines) is 1. The van der Waals surface area contributed by atoms with Gasteiger partial charge in [0.05, 0.1) is 18.1 Å². The van der Waals surface area contributed by atoms with Crippen LogP contribution in [0.15, 0.2) is 36.5 Å². The Morgan fingerprint density at radius 1 is 1.20 bits per heavy atom. The molecule has 0 spiro atoms. The quantitative estimate of drug-likeness (QED) is 0.734. The lowest BCUT2D eigenvalue weighted by atomic mass is 9.89. The molecule has 1 aliphatic heterocycles. The zero-order chi connectivity index (χ0) is 17.2. The second-order valence-electron chi connectivity index (χ2n) is 6.78. The molecule has 1 aliphatic rings. The Labute approximate surface area is 148 Å². The van der Waals surface area contributed by atoms with Gasteiger partial charge in [-0.05, 0) is 55.1 Å². The fourth-order valence-electron chi connectivity index (χ4n) is 3.66. The molecule has 2 aromatic heterocycles. The number of methoxy groups -OCH3 is 1. The molecule has 0 aliphatic carbocycles. The van der Waals surface area contributed by atoms with Gasteiger partial charge in [0.1, 0.15) is 0 Å². The molecular weight excluding hydrogens is 312 g/mol. The first-order valence-corrected chi connectivity index (χ1v) is 8.78. The summed E-state index contributed by atoms with van der Waals surface area (Å²) in [5, 5.41) is 0. The van der Waals surface area contributed by atoms with Crippen LogP contribution in [0.3, 0.4) is 0 Å². The molecule has 0 unspecified atom stereocenters. The van der Waals surface area contributed by atoms with Crippen LogP contribution >= 0.6 is 0 Å². The highest BCUT2D eigenvalue weighted by atomic mass is 16.5. The van der Waals surface area contributed by atoms with Crippen molar-refractivity contribution in [2.45, 2.75) is 25.3 Å². The highest BCUT2D eigenvalue weighted by molar-refractivity contribution is 5.76. The van der Waals surface area contributed by atoms with E-state index in [9.17, 15) is 0 Å². The van der Waals surface area contributed by atoms with Gasteiger partial charge in [-0.3, -0.25) is 4.90 Å². The molecule has 25 heavy (non-hydrogen) atoms. The van der Waals surface area contributed by atoms with Gasteiger partial charge < -0.3 is 9.30 Å². The molecule has 0 amide bonds. The van der Waals surface area contributed by atoms with Gasteiger partial charge in [-0.2, -0.15) is 0 Å². The fraction of sp³-hybridized carbons (Fsp3) is 0.400. The van der Waals surface area contributed by atoms with Crippen LogP contribution in [0, 0.1) is 6.33 Å². The van der Waals surface area contributed by atoms with E-state index in [2.05, 4.69) is 45.5 Å². The molecule has 1 radical (unpaired) electrons. The Balaban J connectivity index is 1.38. The van der Waals surface area contributed by atoms with Crippen LogP contribution < -0.4 is 4.74 Å². The number of hydrogen-bond donors (Lipinski definition) is 0.